The molecule has 6 heteroatoms. The van der Waals surface area contributed by atoms with E-state index in [4.69, 9.17) is 4.74 Å². The van der Waals surface area contributed by atoms with Gasteiger partial charge in [0.25, 0.3) is 5.91 Å². The van der Waals surface area contributed by atoms with Crippen LogP contribution in [0, 0.1) is 6.92 Å². The number of carbonyl (C=O) groups excluding carboxylic acids is 1. The monoisotopic (exact) mass is 370 g/mol. The highest BCUT2D eigenvalue weighted by Gasteiger charge is 2.18. The minimum Gasteiger partial charge on any atom is -0.455 e. The van der Waals surface area contributed by atoms with Crippen LogP contribution in [0.5, 0.6) is 11.5 Å². The Labute approximate surface area is 162 Å². The van der Waals surface area contributed by atoms with Crippen LogP contribution in [0.3, 0.4) is 0 Å². The molecule has 1 amide bonds. The average molecular weight is 370 g/mol. The number of anilines is 1. The molecule has 0 spiro atoms. The second-order valence-corrected chi connectivity index (χ2v) is 6.12. The standard InChI is InChI=1S/C22H18N4O2/c1-16-21(25-26(24-16)17-10-4-2-5-11-17)22(27)23-19-14-8-9-15-20(19)28-18-12-6-3-7-13-18/h2-15H,1H3,(H,23,27). The summed E-state index contributed by atoms with van der Waals surface area (Å²) in [5.74, 6) is 0.898. The first kappa shape index (κ1) is 17.5. The summed E-state index contributed by atoms with van der Waals surface area (Å²) in [6.45, 7) is 1.76. The van der Waals surface area contributed by atoms with Gasteiger partial charge in [-0.1, -0.05) is 48.5 Å². The van der Waals surface area contributed by atoms with Crippen LogP contribution in [0.1, 0.15) is 16.2 Å². The van der Waals surface area contributed by atoms with Crippen LogP contribution >= 0.6 is 0 Å². The molecule has 4 aromatic rings. The molecule has 4 rings (SSSR count). The molecule has 0 bridgehead atoms. The van der Waals surface area contributed by atoms with Crippen LogP contribution in [0.25, 0.3) is 5.69 Å². The third-order valence-electron chi connectivity index (χ3n) is 4.09. The number of aryl methyl sites for hydroxylation is 1. The molecule has 0 aliphatic carbocycles. The van der Waals surface area contributed by atoms with Crippen LogP contribution in [-0.4, -0.2) is 20.9 Å². The smallest absolute Gasteiger partial charge is 0.278 e. The molecule has 28 heavy (non-hydrogen) atoms. The molecule has 0 saturated carbocycles. The van der Waals surface area contributed by atoms with Gasteiger partial charge in [0.2, 0.25) is 0 Å². The molecule has 3 aromatic carbocycles. The molecule has 1 heterocycles. The van der Waals surface area contributed by atoms with Gasteiger partial charge in [-0.05, 0) is 43.3 Å². The highest BCUT2D eigenvalue weighted by molar-refractivity contribution is 6.04. The number of nitrogens with zero attached hydrogens (tertiary/aromatic N) is 3. The van der Waals surface area contributed by atoms with Gasteiger partial charge in [-0.3, -0.25) is 4.79 Å². The second-order valence-electron chi connectivity index (χ2n) is 6.12. The fourth-order valence-corrected chi connectivity index (χ4v) is 2.72. The Balaban J connectivity index is 1.57. The molecule has 0 radical (unpaired) electrons. The fraction of sp³-hybridized carbons (Fsp3) is 0.0455. The summed E-state index contributed by atoms with van der Waals surface area (Å²) in [7, 11) is 0. The molecule has 1 N–H and O–H groups in total. The van der Waals surface area contributed by atoms with Crippen LogP contribution in [0.4, 0.5) is 5.69 Å². The van der Waals surface area contributed by atoms with Gasteiger partial charge in [0.05, 0.1) is 17.1 Å². The molecular weight excluding hydrogens is 352 g/mol. The van der Waals surface area contributed by atoms with E-state index in [0.717, 1.165) is 5.69 Å². The summed E-state index contributed by atoms with van der Waals surface area (Å²) in [5, 5.41) is 11.6. The summed E-state index contributed by atoms with van der Waals surface area (Å²) in [6.07, 6.45) is 0. The minimum atomic E-state index is -0.344. The van der Waals surface area contributed by atoms with E-state index in [1.165, 1.54) is 4.80 Å². The van der Waals surface area contributed by atoms with Gasteiger partial charge in [-0.2, -0.15) is 9.90 Å². The minimum absolute atomic E-state index is 0.262. The summed E-state index contributed by atoms with van der Waals surface area (Å²) < 4.78 is 5.90. The van der Waals surface area contributed by atoms with Crippen molar-refractivity contribution in [1.82, 2.24) is 15.0 Å². The zero-order valence-electron chi connectivity index (χ0n) is 15.2. The number of nitrogens with one attached hydrogen (secondary N) is 1. The van der Waals surface area contributed by atoms with E-state index in [1.54, 1.807) is 19.1 Å². The van der Waals surface area contributed by atoms with Crippen molar-refractivity contribution < 1.29 is 9.53 Å². The summed E-state index contributed by atoms with van der Waals surface area (Å²) >= 11 is 0. The normalized spacial score (nSPS) is 10.5. The number of aromatic nitrogens is 3. The van der Waals surface area contributed by atoms with Gasteiger partial charge in [-0.15, -0.1) is 5.10 Å². The lowest BCUT2D eigenvalue weighted by atomic mass is 10.2. The van der Waals surface area contributed by atoms with Crippen LogP contribution in [0.15, 0.2) is 84.9 Å². The van der Waals surface area contributed by atoms with Gasteiger partial charge in [-0.25, -0.2) is 0 Å². The van der Waals surface area contributed by atoms with E-state index >= 15 is 0 Å². The van der Waals surface area contributed by atoms with Gasteiger partial charge in [0.15, 0.2) is 11.4 Å². The van der Waals surface area contributed by atoms with Crippen molar-refractivity contribution in [3.05, 3.63) is 96.3 Å². The maximum Gasteiger partial charge on any atom is 0.278 e. The lowest BCUT2D eigenvalue weighted by Gasteiger charge is -2.11. The zero-order chi connectivity index (χ0) is 19.3. The van der Waals surface area contributed by atoms with Crippen LogP contribution < -0.4 is 10.1 Å². The number of hydrogen-bond donors (Lipinski definition) is 1. The molecule has 0 aliphatic rings. The lowest BCUT2D eigenvalue weighted by molar-refractivity contribution is 0.102. The Bertz CT molecular complexity index is 1090. The molecule has 6 nitrogen and oxygen atoms in total. The van der Waals surface area contributed by atoms with Crippen LogP contribution in [-0.2, 0) is 0 Å². The Morgan fingerprint density at radius 1 is 0.857 bits per heavy atom. The Morgan fingerprint density at radius 2 is 1.50 bits per heavy atom. The first-order chi connectivity index (χ1) is 13.7. The molecular formula is C22H18N4O2. The quantitative estimate of drug-likeness (QED) is 0.556. The molecule has 0 aliphatic heterocycles. The SMILES string of the molecule is Cc1nn(-c2ccccc2)nc1C(=O)Nc1ccccc1Oc1ccccc1. The van der Waals surface area contributed by atoms with Gasteiger partial charge in [0, 0.05) is 0 Å². The van der Waals surface area contributed by atoms with Crippen molar-refractivity contribution in [2.45, 2.75) is 6.92 Å². The van der Waals surface area contributed by atoms with E-state index in [0.29, 0.717) is 22.9 Å². The predicted octanol–water partition coefficient (Wildman–Crippen LogP) is 4.62. The molecule has 1 aromatic heterocycles. The van der Waals surface area contributed by atoms with Crippen molar-refractivity contribution in [2.24, 2.45) is 0 Å². The number of carbonyl (C=O) groups is 1. The average Bonchev–Trinajstić information content (AvgIpc) is 3.13. The summed E-state index contributed by atoms with van der Waals surface area (Å²) in [5.41, 5.74) is 2.16. The second kappa shape index (κ2) is 7.75. The molecule has 0 unspecified atom stereocenters. The molecule has 138 valence electrons. The number of para-hydroxylation sites is 4. The zero-order valence-corrected chi connectivity index (χ0v) is 15.2. The lowest BCUT2D eigenvalue weighted by Crippen LogP contribution is -2.14. The van der Waals surface area contributed by atoms with E-state index in [1.807, 2.05) is 72.8 Å². The largest absolute Gasteiger partial charge is 0.455 e. The number of benzene rings is 3. The predicted molar refractivity (Wildman–Crippen MR) is 107 cm³/mol. The van der Waals surface area contributed by atoms with Crippen molar-refractivity contribution in [3.8, 4) is 17.2 Å². The van der Waals surface area contributed by atoms with E-state index < -0.39 is 0 Å². The number of ether oxygens (including phenoxy) is 1. The van der Waals surface area contributed by atoms with Crippen molar-refractivity contribution >= 4 is 11.6 Å². The third kappa shape index (κ3) is 3.76. The molecule has 0 fully saturated rings. The highest BCUT2D eigenvalue weighted by Crippen LogP contribution is 2.29. The van der Waals surface area contributed by atoms with E-state index in [9.17, 15) is 4.79 Å². The number of amides is 1. The van der Waals surface area contributed by atoms with Gasteiger partial charge >= 0.3 is 0 Å². The Morgan fingerprint density at radius 3 is 2.25 bits per heavy atom. The van der Waals surface area contributed by atoms with Crippen molar-refractivity contribution in [1.29, 1.82) is 0 Å². The highest BCUT2D eigenvalue weighted by atomic mass is 16.5. The Hall–Kier alpha value is -3.93. The number of rotatable bonds is 5. The van der Waals surface area contributed by atoms with Crippen molar-refractivity contribution in [2.75, 3.05) is 5.32 Å². The van der Waals surface area contributed by atoms with E-state index in [2.05, 4.69) is 15.5 Å². The first-order valence-electron chi connectivity index (χ1n) is 8.83. The molecule has 0 atom stereocenters. The van der Waals surface area contributed by atoms with Crippen molar-refractivity contribution in [3.63, 3.8) is 0 Å². The maximum absolute atomic E-state index is 12.8. The molecule has 0 saturated heterocycles. The fourth-order valence-electron chi connectivity index (χ4n) is 2.72. The topological polar surface area (TPSA) is 69.0 Å². The first-order valence-corrected chi connectivity index (χ1v) is 8.83. The van der Waals surface area contributed by atoms with Gasteiger partial charge < -0.3 is 10.1 Å². The van der Waals surface area contributed by atoms with E-state index in [-0.39, 0.29) is 11.6 Å². The Kier molecular flexibility index (Phi) is 4.84. The van der Waals surface area contributed by atoms with Crippen LogP contribution in [0.2, 0.25) is 0 Å². The number of hydrogen-bond acceptors (Lipinski definition) is 4. The maximum atomic E-state index is 12.8. The van der Waals surface area contributed by atoms with Gasteiger partial charge in [0.1, 0.15) is 5.75 Å². The third-order valence-corrected chi connectivity index (χ3v) is 4.09. The summed E-state index contributed by atoms with van der Waals surface area (Å²) in [4.78, 5) is 14.3. The summed E-state index contributed by atoms with van der Waals surface area (Å²) in [6, 6.07) is 26.1.